The normalized spacial score (nSPS) is 33.2. The van der Waals surface area contributed by atoms with Crippen molar-refractivity contribution in [1.82, 2.24) is 15.5 Å². The zero-order valence-corrected chi connectivity index (χ0v) is 20.1. The summed E-state index contributed by atoms with van der Waals surface area (Å²) in [5, 5.41) is 7.62. The van der Waals surface area contributed by atoms with Crippen molar-refractivity contribution in [3.63, 3.8) is 0 Å². The van der Waals surface area contributed by atoms with E-state index in [1.54, 1.807) is 12.1 Å². The van der Waals surface area contributed by atoms with Crippen LogP contribution < -0.4 is 10.6 Å². The first-order chi connectivity index (χ1) is 15.4. The highest BCUT2D eigenvalue weighted by atomic mass is 35.5. The molecule has 1 heterocycles. The average Bonchev–Trinajstić information content (AvgIpc) is 2.88. The lowest BCUT2D eigenvalue weighted by molar-refractivity contribution is -0.125. The predicted octanol–water partition coefficient (Wildman–Crippen LogP) is 5.39. The quantitative estimate of drug-likeness (QED) is 0.596. The van der Waals surface area contributed by atoms with E-state index in [-0.39, 0.29) is 23.4 Å². The van der Waals surface area contributed by atoms with Gasteiger partial charge in [-0.2, -0.15) is 0 Å². The van der Waals surface area contributed by atoms with Gasteiger partial charge in [0.2, 0.25) is 5.91 Å². The second kappa shape index (κ2) is 9.06. The van der Waals surface area contributed by atoms with Gasteiger partial charge in [-0.25, -0.2) is 4.79 Å². The number of carbonyl (C=O) groups excluding carboxylic acids is 2. The van der Waals surface area contributed by atoms with Gasteiger partial charge in [-0.05, 0) is 92.7 Å². The van der Waals surface area contributed by atoms with Crippen LogP contribution in [0.5, 0.6) is 0 Å². The van der Waals surface area contributed by atoms with E-state index in [0.717, 1.165) is 36.8 Å². The third-order valence-electron chi connectivity index (χ3n) is 8.41. The van der Waals surface area contributed by atoms with Crippen LogP contribution >= 0.6 is 23.2 Å². The molecule has 1 aromatic rings. The third kappa shape index (κ3) is 4.61. The van der Waals surface area contributed by atoms with Crippen LogP contribution in [-0.4, -0.2) is 35.5 Å². The first-order valence-corrected chi connectivity index (χ1v) is 12.9. The monoisotopic (exact) mass is 477 g/mol. The maximum Gasteiger partial charge on any atom is 0.317 e. The Balaban J connectivity index is 1.12. The summed E-state index contributed by atoms with van der Waals surface area (Å²) in [6.45, 7) is 1.73. The summed E-state index contributed by atoms with van der Waals surface area (Å²) < 4.78 is 0. The van der Waals surface area contributed by atoms with E-state index in [1.165, 1.54) is 38.5 Å². The Morgan fingerprint density at radius 3 is 2.78 bits per heavy atom. The fourth-order valence-corrected chi connectivity index (χ4v) is 7.58. The lowest BCUT2D eigenvalue weighted by Gasteiger charge is -2.46. The minimum atomic E-state index is -0.0945. The van der Waals surface area contributed by atoms with Gasteiger partial charge in [-0.3, -0.25) is 4.79 Å². The Hall–Kier alpha value is -1.46. The van der Waals surface area contributed by atoms with Gasteiger partial charge >= 0.3 is 6.03 Å². The van der Waals surface area contributed by atoms with Crippen LogP contribution in [-0.2, 0) is 11.3 Å². The first kappa shape index (κ1) is 22.3. The van der Waals surface area contributed by atoms with Crippen LogP contribution in [0.1, 0.15) is 63.4 Å². The third-order valence-corrected chi connectivity index (χ3v) is 9.00. The summed E-state index contributed by atoms with van der Waals surface area (Å²) in [4.78, 5) is 27.6. The molecule has 3 amide bonds. The average molecular weight is 478 g/mol. The number of benzene rings is 1. The number of urea groups is 1. The Bertz CT molecular complexity index is 894. The number of halogens is 2. The maximum absolute atomic E-state index is 13.0. The number of fused-ring (bicyclic) bond motifs is 2. The molecule has 5 rings (SSSR count). The Labute approximate surface area is 200 Å². The highest BCUT2D eigenvalue weighted by Crippen LogP contribution is 2.57. The number of nitrogens with one attached hydrogen (secondary N) is 2. The van der Waals surface area contributed by atoms with E-state index in [0.29, 0.717) is 35.5 Å². The number of hydrogen-bond donors (Lipinski definition) is 2. The minimum absolute atomic E-state index is 0.0759. The first-order valence-electron chi connectivity index (χ1n) is 12.2. The Morgan fingerprint density at radius 2 is 1.94 bits per heavy atom. The fourth-order valence-electron chi connectivity index (χ4n) is 7.10. The van der Waals surface area contributed by atoms with Gasteiger partial charge in [-0.15, -0.1) is 0 Å². The van der Waals surface area contributed by atoms with Crippen LogP contribution in [0.25, 0.3) is 0 Å². The van der Waals surface area contributed by atoms with Crippen LogP contribution in [0.4, 0.5) is 4.79 Å². The van der Waals surface area contributed by atoms with Gasteiger partial charge in [0, 0.05) is 41.6 Å². The SMILES string of the molecule is O=C(CC1CCCN(C(=O)NCc2ccc(Cl)cc2Cl)C1)NC12CC3CCC1CC(C3)C2. The lowest BCUT2D eigenvalue weighted by atomic mass is 9.67. The highest BCUT2D eigenvalue weighted by molar-refractivity contribution is 6.35. The number of hydrogen-bond acceptors (Lipinski definition) is 2. The number of rotatable bonds is 5. The molecule has 32 heavy (non-hydrogen) atoms. The second-order valence-corrected chi connectivity index (χ2v) is 11.5. The predicted molar refractivity (Wildman–Crippen MR) is 127 cm³/mol. The summed E-state index contributed by atoms with van der Waals surface area (Å²) in [5.74, 6) is 2.74. The molecule has 3 bridgehead atoms. The van der Waals surface area contributed by atoms with Gasteiger partial charge in [0.1, 0.15) is 0 Å². The van der Waals surface area contributed by atoms with Crippen molar-refractivity contribution >= 4 is 35.1 Å². The van der Waals surface area contributed by atoms with E-state index < -0.39 is 0 Å². The Kier molecular flexibility index (Phi) is 6.32. The summed E-state index contributed by atoms with van der Waals surface area (Å²) in [6.07, 6.45) is 10.2. The van der Waals surface area contributed by atoms with Crippen molar-refractivity contribution in [2.45, 2.75) is 69.9 Å². The van der Waals surface area contributed by atoms with Crippen molar-refractivity contribution in [3.05, 3.63) is 33.8 Å². The highest BCUT2D eigenvalue weighted by Gasteiger charge is 2.55. The molecule has 0 spiro atoms. The molecule has 0 radical (unpaired) electrons. The molecule has 7 heteroatoms. The molecule has 4 aliphatic rings. The zero-order valence-electron chi connectivity index (χ0n) is 18.5. The van der Waals surface area contributed by atoms with Crippen molar-refractivity contribution in [3.8, 4) is 0 Å². The van der Waals surface area contributed by atoms with Crippen molar-refractivity contribution in [2.24, 2.45) is 23.7 Å². The molecule has 174 valence electrons. The van der Waals surface area contributed by atoms with Crippen LogP contribution in [0.15, 0.2) is 18.2 Å². The standard InChI is InChI=1S/C25H33Cl2N3O2/c26-21-6-4-19(22(27)11-21)14-28-24(32)30-7-1-2-17(15-30)10-23(31)29-25-12-16-3-5-20(25)9-18(8-16)13-25/h4,6,11,16-18,20H,1-3,5,7-10,12-15H2,(H,28,32)(H,29,31). The second-order valence-electron chi connectivity index (χ2n) is 10.6. The minimum Gasteiger partial charge on any atom is -0.350 e. The summed E-state index contributed by atoms with van der Waals surface area (Å²) in [6, 6.07) is 5.20. The number of likely N-dealkylation sites (tertiary alicyclic amines) is 1. The van der Waals surface area contributed by atoms with E-state index in [2.05, 4.69) is 10.6 Å². The van der Waals surface area contributed by atoms with Gasteiger partial charge in [-0.1, -0.05) is 29.3 Å². The zero-order chi connectivity index (χ0) is 22.3. The molecule has 0 aromatic heterocycles. The van der Waals surface area contributed by atoms with Crippen LogP contribution in [0, 0.1) is 23.7 Å². The molecule has 5 unspecified atom stereocenters. The molecule has 4 fully saturated rings. The van der Waals surface area contributed by atoms with Crippen LogP contribution in [0.2, 0.25) is 10.0 Å². The molecule has 1 saturated heterocycles. The number of amides is 3. The summed E-state index contributed by atoms with van der Waals surface area (Å²) in [7, 11) is 0. The maximum atomic E-state index is 13.0. The number of nitrogens with zero attached hydrogens (tertiary/aromatic N) is 1. The molecule has 5 nitrogen and oxygen atoms in total. The molecule has 2 N–H and O–H groups in total. The number of piperidine rings is 1. The van der Waals surface area contributed by atoms with E-state index >= 15 is 0 Å². The van der Waals surface area contributed by atoms with Gasteiger partial charge < -0.3 is 15.5 Å². The topological polar surface area (TPSA) is 61.4 Å². The summed E-state index contributed by atoms with van der Waals surface area (Å²) in [5.41, 5.74) is 0.917. The smallest absolute Gasteiger partial charge is 0.317 e. The van der Waals surface area contributed by atoms with Gasteiger partial charge in [0.25, 0.3) is 0 Å². The molecule has 5 atom stereocenters. The van der Waals surface area contributed by atoms with E-state index in [1.807, 2.05) is 11.0 Å². The largest absolute Gasteiger partial charge is 0.350 e. The van der Waals surface area contributed by atoms with Crippen molar-refractivity contribution in [1.29, 1.82) is 0 Å². The summed E-state index contributed by atoms with van der Waals surface area (Å²) >= 11 is 12.2. The van der Waals surface area contributed by atoms with E-state index in [9.17, 15) is 9.59 Å². The molecular formula is C25H33Cl2N3O2. The molecule has 3 saturated carbocycles. The lowest BCUT2D eigenvalue weighted by Crippen LogP contribution is -2.56. The fraction of sp³-hybridized carbons (Fsp3) is 0.680. The van der Waals surface area contributed by atoms with Gasteiger partial charge in [0.15, 0.2) is 0 Å². The molecular weight excluding hydrogens is 445 g/mol. The van der Waals surface area contributed by atoms with Crippen molar-refractivity contribution in [2.75, 3.05) is 13.1 Å². The number of carbonyl (C=O) groups is 2. The van der Waals surface area contributed by atoms with E-state index in [4.69, 9.17) is 23.2 Å². The van der Waals surface area contributed by atoms with Crippen LogP contribution in [0.3, 0.4) is 0 Å². The molecule has 1 aliphatic heterocycles. The molecule has 1 aromatic carbocycles. The molecule has 3 aliphatic carbocycles. The van der Waals surface area contributed by atoms with Crippen molar-refractivity contribution < 1.29 is 9.59 Å². The Morgan fingerprint density at radius 1 is 1.09 bits per heavy atom. The van der Waals surface area contributed by atoms with Gasteiger partial charge in [0.05, 0.1) is 0 Å².